The van der Waals surface area contributed by atoms with Crippen molar-refractivity contribution in [1.29, 1.82) is 0 Å². The van der Waals surface area contributed by atoms with Crippen LogP contribution in [-0.4, -0.2) is 23.4 Å². The van der Waals surface area contributed by atoms with E-state index in [1.54, 1.807) is 12.1 Å². The molecule has 1 unspecified atom stereocenters. The number of aliphatic hydroxyl groups is 1. The minimum atomic E-state index is -0.187. The first-order chi connectivity index (χ1) is 6.19. The Bertz CT molecular complexity index is 287. The summed E-state index contributed by atoms with van der Waals surface area (Å²) in [6.07, 6.45) is 0. The molecule has 0 saturated carbocycles. The fourth-order valence-corrected chi connectivity index (χ4v) is 1.51. The molecule has 0 heterocycles. The van der Waals surface area contributed by atoms with Crippen LogP contribution >= 0.6 is 15.9 Å². The van der Waals surface area contributed by atoms with E-state index in [0.29, 0.717) is 12.1 Å². The van der Waals surface area contributed by atoms with Gasteiger partial charge in [-0.25, -0.2) is 0 Å². The van der Waals surface area contributed by atoms with Crippen LogP contribution in [0.2, 0.25) is 0 Å². The van der Waals surface area contributed by atoms with Crippen LogP contribution in [0.25, 0.3) is 0 Å². The fraction of sp³-hybridized carbons (Fsp3) is 0.333. The second kappa shape index (κ2) is 4.60. The van der Waals surface area contributed by atoms with Gasteiger partial charge in [-0.3, -0.25) is 0 Å². The van der Waals surface area contributed by atoms with Gasteiger partial charge < -0.3 is 15.9 Å². The van der Waals surface area contributed by atoms with Crippen LogP contribution in [-0.2, 0) is 0 Å². The van der Waals surface area contributed by atoms with Crippen LogP contribution in [0.3, 0.4) is 0 Å². The highest BCUT2D eigenvalue weighted by molar-refractivity contribution is 9.10. The molecule has 1 aromatic rings. The molecule has 0 amide bonds. The Morgan fingerprint density at radius 2 is 2.15 bits per heavy atom. The van der Waals surface area contributed by atoms with Gasteiger partial charge in [0.15, 0.2) is 0 Å². The van der Waals surface area contributed by atoms with Gasteiger partial charge in [-0.2, -0.15) is 0 Å². The number of hydrogen-bond donors (Lipinski definition) is 3. The van der Waals surface area contributed by atoms with Gasteiger partial charge in [0.2, 0.25) is 0 Å². The number of aromatic hydroxyl groups is 1. The summed E-state index contributed by atoms with van der Waals surface area (Å²) in [6.45, 7) is 0.275. The second-order valence-corrected chi connectivity index (χ2v) is 3.73. The lowest BCUT2D eigenvalue weighted by atomic mass is 9.99. The SMILES string of the molecule is NCC(CO)c1ccc(Br)cc1O. The van der Waals surface area contributed by atoms with E-state index < -0.39 is 0 Å². The van der Waals surface area contributed by atoms with Crippen molar-refractivity contribution in [2.45, 2.75) is 5.92 Å². The van der Waals surface area contributed by atoms with E-state index >= 15 is 0 Å². The van der Waals surface area contributed by atoms with Crippen molar-refractivity contribution >= 4 is 15.9 Å². The monoisotopic (exact) mass is 245 g/mol. The number of aliphatic hydroxyl groups excluding tert-OH is 1. The Kier molecular flexibility index (Phi) is 3.71. The summed E-state index contributed by atoms with van der Waals surface area (Å²) >= 11 is 3.24. The third kappa shape index (κ3) is 2.43. The summed E-state index contributed by atoms with van der Waals surface area (Å²) < 4.78 is 0.808. The zero-order valence-electron chi connectivity index (χ0n) is 7.07. The lowest BCUT2D eigenvalue weighted by Gasteiger charge is -2.13. The Morgan fingerprint density at radius 1 is 1.46 bits per heavy atom. The summed E-state index contributed by atoms with van der Waals surface area (Å²) in [5.41, 5.74) is 6.13. The van der Waals surface area contributed by atoms with Gasteiger partial charge in [0.1, 0.15) is 5.75 Å². The molecule has 1 atom stereocenters. The van der Waals surface area contributed by atoms with Crippen molar-refractivity contribution in [3.8, 4) is 5.75 Å². The maximum Gasteiger partial charge on any atom is 0.120 e. The zero-order chi connectivity index (χ0) is 9.84. The molecule has 0 aromatic heterocycles. The van der Waals surface area contributed by atoms with Gasteiger partial charge >= 0.3 is 0 Å². The Labute approximate surface area is 85.3 Å². The summed E-state index contributed by atoms with van der Waals surface area (Å²) in [6, 6.07) is 5.16. The molecular formula is C9H12BrNO2. The zero-order valence-corrected chi connectivity index (χ0v) is 8.66. The van der Waals surface area contributed by atoms with Crippen LogP contribution in [0.5, 0.6) is 5.75 Å². The lowest BCUT2D eigenvalue weighted by Crippen LogP contribution is -2.16. The number of halogens is 1. The van der Waals surface area contributed by atoms with Crippen molar-refractivity contribution in [2.75, 3.05) is 13.2 Å². The largest absolute Gasteiger partial charge is 0.508 e. The van der Waals surface area contributed by atoms with E-state index in [0.717, 1.165) is 4.47 Å². The molecule has 0 bridgehead atoms. The predicted molar refractivity (Wildman–Crippen MR) is 54.7 cm³/mol. The average Bonchev–Trinajstić information content (AvgIpc) is 2.10. The standard InChI is InChI=1S/C9H12BrNO2/c10-7-1-2-8(9(13)3-7)6(4-11)5-12/h1-3,6,12-13H,4-5,11H2. The molecular weight excluding hydrogens is 234 g/mol. The lowest BCUT2D eigenvalue weighted by molar-refractivity contribution is 0.265. The molecule has 1 aromatic carbocycles. The first-order valence-electron chi connectivity index (χ1n) is 3.98. The highest BCUT2D eigenvalue weighted by Gasteiger charge is 2.12. The van der Waals surface area contributed by atoms with E-state index in [1.165, 1.54) is 0 Å². The van der Waals surface area contributed by atoms with E-state index in [2.05, 4.69) is 15.9 Å². The molecule has 0 aliphatic carbocycles. The second-order valence-electron chi connectivity index (χ2n) is 2.82. The minimum Gasteiger partial charge on any atom is -0.508 e. The average molecular weight is 246 g/mol. The van der Waals surface area contributed by atoms with Crippen LogP contribution in [0.4, 0.5) is 0 Å². The summed E-state index contributed by atoms with van der Waals surface area (Å²) in [7, 11) is 0. The molecule has 0 saturated heterocycles. The van der Waals surface area contributed by atoms with Crippen molar-refractivity contribution < 1.29 is 10.2 Å². The highest BCUT2D eigenvalue weighted by atomic mass is 79.9. The van der Waals surface area contributed by atoms with Gasteiger partial charge in [0.25, 0.3) is 0 Å². The minimum absolute atomic E-state index is 0.0499. The highest BCUT2D eigenvalue weighted by Crippen LogP contribution is 2.27. The van der Waals surface area contributed by atoms with Gasteiger partial charge in [0.05, 0.1) is 6.61 Å². The first kappa shape index (κ1) is 10.5. The number of phenols is 1. The van der Waals surface area contributed by atoms with E-state index in [4.69, 9.17) is 10.8 Å². The fourth-order valence-electron chi connectivity index (χ4n) is 1.16. The summed E-state index contributed by atoms with van der Waals surface area (Å²) in [4.78, 5) is 0. The molecule has 0 radical (unpaired) electrons. The van der Waals surface area contributed by atoms with E-state index in [1.807, 2.05) is 6.07 Å². The normalized spacial score (nSPS) is 12.8. The summed E-state index contributed by atoms with van der Waals surface area (Å²) in [5.74, 6) is -0.0213. The van der Waals surface area contributed by atoms with Gasteiger partial charge in [-0.05, 0) is 12.1 Å². The molecule has 0 fully saturated rings. The maximum absolute atomic E-state index is 9.53. The van der Waals surface area contributed by atoms with Crippen LogP contribution in [0, 0.1) is 0 Å². The molecule has 4 heteroatoms. The maximum atomic E-state index is 9.53. The first-order valence-corrected chi connectivity index (χ1v) is 4.77. The Morgan fingerprint density at radius 3 is 2.62 bits per heavy atom. The molecule has 13 heavy (non-hydrogen) atoms. The van der Waals surface area contributed by atoms with Gasteiger partial charge in [-0.1, -0.05) is 22.0 Å². The number of hydrogen-bond acceptors (Lipinski definition) is 3. The molecule has 72 valence electrons. The van der Waals surface area contributed by atoms with Crippen LogP contribution in [0.1, 0.15) is 11.5 Å². The molecule has 3 nitrogen and oxygen atoms in total. The number of rotatable bonds is 3. The number of benzene rings is 1. The van der Waals surface area contributed by atoms with Crippen LogP contribution < -0.4 is 5.73 Å². The Balaban J connectivity index is 2.99. The van der Waals surface area contributed by atoms with Gasteiger partial charge in [0, 0.05) is 22.5 Å². The molecule has 4 N–H and O–H groups in total. The van der Waals surface area contributed by atoms with E-state index in [-0.39, 0.29) is 18.3 Å². The van der Waals surface area contributed by atoms with Gasteiger partial charge in [-0.15, -0.1) is 0 Å². The Hall–Kier alpha value is -0.580. The predicted octanol–water partition coefficient (Wildman–Crippen LogP) is 1.19. The van der Waals surface area contributed by atoms with Crippen molar-refractivity contribution in [2.24, 2.45) is 5.73 Å². The number of phenolic OH excluding ortho intramolecular Hbond substituents is 1. The molecule has 1 rings (SSSR count). The third-order valence-corrected chi connectivity index (χ3v) is 2.43. The topological polar surface area (TPSA) is 66.5 Å². The summed E-state index contributed by atoms with van der Waals surface area (Å²) in [5, 5.41) is 18.5. The quantitative estimate of drug-likeness (QED) is 0.750. The number of nitrogens with two attached hydrogens (primary N) is 1. The third-order valence-electron chi connectivity index (χ3n) is 1.94. The molecule has 0 spiro atoms. The van der Waals surface area contributed by atoms with E-state index in [9.17, 15) is 5.11 Å². The molecule has 0 aliphatic rings. The van der Waals surface area contributed by atoms with Crippen molar-refractivity contribution in [3.63, 3.8) is 0 Å². The van der Waals surface area contributed by atoms with Crippen molar-refractivity contribution in [3.05, 3.63) is 28.2 Å². The molecule has 0 aliphatic heterocycles. The van der Waals surface area contributed by atoms with Crippen molar-refractivity contribution in [1.82, 2.24) is 0 Å². The van der Waals surface area contributed by atoms with Crippen LogP contribution in [0.15, 0.2) is 22.7 Å². The smallest absolute Gasteiger partial charge is 0.120 e.